The largest absolute Gasteiger partial charge is 0.212 e. The Labute approximate surface area is 394 Å². The number of nitrogens with zero attached hydrogens (tertiary/aromatic N) is 4. The zero-order valence-electron chi connectivity index (χ0n) is 46.6. The number of hydrogen-bond donors (Lipinski definition) is 0. The van der Waals surface area contributed by atoms with Gasteiger partial charge in [0.05, 0.1) is 22.3 Å². The van der Waals surface area contributed by atoms with Crippen molar-refractivity contribution in [3.05, 3.63) is 213 Å². The monoisotopic (exact) mass is 855 g/mol. The van der Waals surface area contributed by atoms with Gasteiger partial charge in [-0.2, -0.15) is 0 Å². The lowest BCUT2D eigenvalue weighted by Crippen LogP contribution is -2.30. The number of aromatic nitrogens is 4. The maximum Gasteiger partial charge on any atom is 0.212 e. The predicted octanol–water partition coefficient (Wildman–Crippen LogP) is 12.4. The van der Waals surface area contributed by atoms with Crippen LogP contribution < -0.4 is 18.3 Å². The molecule has 4 aromatic carbocycles. The molecule has 0 saturated heterocycles. The Morgan fingerprint density at radius 1 is 0.297 bits per heavy atom. The summed E-state index contributed by atoms with van der Waals surface area (Å²) in [4.78, 5) is 0. The van der Waals surface area contributed by atoms with E-state index >= 15 is 0 Å². The van der Waals surface area contributed by atoms with Gasteiger partial charge in [0, 0.05) is 56.8 Å². The molecule has 0 N–H and O–H groups in total. The van der Waals surface area contributed by atoms with Crippen molar-refractivity contribution in [3.63, 3.8) is 0 Å². The average molecular weight is 855 g/mol. The molecule has 0 aliphatic rings. The first-order valence-electron chi connectivity index (χ1n) is 25.0. The average Bonchev–Trinajstić information content (AvgIpc) is 3.27. The first-order chi connectivity index (χ1) is 32.8. The molecule has 0 saturated carbocycles. The van der Waals surface area contributed by atoms with Gasteiger partial charge in [0.15, 0.2) is 24.8 Å². The molecule has 0 bridgehead atoms. The van der Waals surface area contributed by atoms with E-state index in [0.29, 0.717) is 11.1 Å². The molecule has 8 aromatic rings. The lowest BCUT2D eigenvalue weighted by atomic mass is 9.95. The number of aryl methyl sites for hydroxylation is 14. The van der Waals surface area contributed by atoms with Crippen molar-refractivity contribution in [2.45, 2.75) is 82.9 Å². The molecule has 0 unspecified atom stereocenters. The second kappa shape index (κ2) is 21.7. The first kappa shape index (κ1) is 40.3. The molecule has 0 atom stereocenters. The molecular weight excluding hydrogens is 777 g/mol. The van der Waals surface area contributed by atoms with Crippen LogP contribution in [-0.2, 0) is 28.2 Å². The van der Waals surface area contributed by atoms with Crippen LogP contribution in [0.15, 0.2) is 146 Å². The van der Waals surface area contributed by atoms with E-state index in [0.717, 1.165) is 44.8 Å². The maximum absolute atomic E-state index is 7.62. The molecule has 0 aliphatic heterocycles. The fraction of sp³-hybridized carbons (Fsp3) is 0.267. The molecule has 0 aliphatic carbocycles. The summed E-state index contributed by atoms with van der Waals surface area (Å²) in [5.41, 5.74) is 22.4. The molecule has 4 aromatic heterocycles. The summed E-state index contributed by atoms with van der Waals surface area (Å²) >= 11 is 0. The zero-order valence-corrected chi connectivity index (χ0v) is 40.6. The van der Waals surface area contributed by atoms with Crippen LogP contribution in [0.25, 0.3) is 45.0 Å². The number of rotatable bonds is 4. The molecule has 0 spiro atoms. The quantitative estimate of drug-likeness (QED) is 0.157. The maximum atomic E-state index is 7.62. The molecule has 4 heteroatoms. The molecule has 0 fully saturated rings. The molecule has 0 radical (unpaired) electrons. The third kappa shape index (κ3) is 11.5. The third-order valence-electron chi connectivity index (χ3n) is 12.1. The summed E-state index contributed by atoms with van der Waals surface area (Å²) in [6.45, 7) is 16.8. The van der Waals surface area contributed by atoms with Gasteiger partial charge in [0.2, 0.25) is 22.8 Å². The number of hydrogen-bond acceptors (Lipinski definition) is 0. The van der Waals surface area contributed by atoms with Crippen LogP contribution in [-0.4, -0.2) is 0 Å². The van der Waals surface area contributed by atoms with Crippen LogP contribution in [0.2, 0.25) is 0 Å². The molecule has 64 heavy (non-hydrogen) atoms. The van der Waals surface area contributed by atoms with Crippen LogP contribution >= 0.6 is 0 Å². The summed E-state index contributed by atoms with van der Waals surface area (Å²) in [7, 11) is 8.15. The van der Waals surface area contributed by atoms with E-state index < -0.39 is 13.7 Å². The topological polar surface area (TPSA) is 15.5 Å². The molecular formula is C60H72N4+4. The molecule has 0 amide bonds. The summed E-state index contributed by atoms with van der Waals surface area (Å²) in [6.07, 6.45) is 8.15. The molecule has 4 nitrogen and oxygen atoms in total. The minimum absolute atomic E-state index is 0.407. The van der Waals surface area contributed by atoms with Crippen molar-refractivity contribution < 1.29 is 26.5 Å². The van der Waals surface area contributed by atoms with Crippen molar-refractivity contribution in [1.29, 1.82) is 0 Å². The van der Waals surface area contributed by atoms with Crippen LogP contribution in [0.3, 0.4) is 0 Å². The van der Waals surface area contributed by atoms with Crippen molar-refractivity contribution in [1.82, 2.24) is 0 Å². The standard InChI is InChI=1S/4C15H18N/c2*1-11-8-9-12(2)15(13(11)3)14-7-5-6-10-16(14)4;2*1-11-9-12(2)15(13(3)10-11)14-7-5-6-8-16(14)4/h4*5-10H,1-4H3/q4*+1/i1D3;;1D3;. The Hall–Kier alpha value is -6.52. The second-order valence-electron chi connectivity index (χ2n) is 17.2. The van der Waals surface area contributed by atoms with Gasteiger partial charge in [-0.05, 0) is 163 Å². The van der Waals surface area contributed by atoms with Gasteiger partial charge >= 0.3 is 0 Å². The van der Waals surface area contributed by atoms with Crippen LogP contribution in [0.5, 0.6) is 0 Å². The van der Waals surface area contributed by atoms with Gasteiger partial charge in [0.1, 0.15) is 28.2 Å². The van der Waals surface area contributed by atoms with Gasteiger partial charge in [-0.3, -0.25) is 0 Å². The number of benzene rings is 4. The van der Waals surface area contributed by atoms with Crippen molar-refractivity contribution in [2.24, 2.45) is 28.2 Å². The highest BCUT2D eigenvalue weighted by Gasteiger charge is 2.18. The normalized spacial score (nSPS) is 12.3. The van der Waals surface area contributed by atoms with Gasteiger partial charge in [-0.1, -0.05) is 59.7 Å². The van der Waals surface area contributed by atoms with E-state index in [9.17, 15) is 0 Å². The smallest absolute Gasteiger partial charge is 0.201 e. The lowest BCUT2D eigenvalue weighted by Gasteiger charge is -2.10. The summed E-state index contributed by atoms with van der Waals surface area (Å²) < 4.78 is 53.8. The van der Waals surface area contributed by atoms with E-state index in [1.165, 1.54) is 55.9 Å². The van der Waals surface area contributed by atoms with Crippen molar-refractivity contribution >= 4 is 0 Å². The Balaban J connectivity index is 0.000000174. The minimum atomic E-state index is -2.07. The van der Waals surface area contributed by atoms with Gasteiger partial charge in [-0.15, -0.1) is 0 Å². The summed E-state index contributed by atoms with van der Waals surface area (Å²) in [5.74, 6) is 0. The van der Waals surface area contributed by atoms with E-state index in [1.54, 1.807) is 18.2 Å². The Kier molecular flexibility index (Phi) is 13.7. The Morgan fingerprint density at radius 3 is 0.922 bits per heavy atom. The predicted molar refractivity (Wildman–Crippen MR) is 269 cm³/mol. The third-order valence-corrected chi connectivity index (χ3v) is 12.1. The Morgan fingerprint density at radius 2 is 0.594 bits per heavy atom. The fourth-order valence-electron chi connectivity index (χ4n) is 8.67. The number of pyridine rings is 4. The van der Waals surface area contributed by atoms with E-state index in [-0.39, 0.29) is 0 Å². The summed E-state index contributed by atoms with van der Waals surface area (Å²) in [6, 6.07) is 40.6. The highest BCUT2D eigenvalue weighted by molar-refractivity contribution is 5.69. The van der Waals surface area contributed by atoms with E-state index in [4.69, 9.17) is 8.22 Å². The second-order valence-corrected chi connectivity index (χ2v) is 17.2. The van der Waals surface area contributed by atoms with Crippen LogP contribution in [0.4, 0.5) is 0 Å². The molecule has 328 valence electrons. The minimum Gasteiger partial charge on any atom is -0.201 e. The van der Waals surface area contributed by atoms with Gasteiger partial charge in [0.25, 0.3) is 0 Å². The van der Waals surface area contributed by atoms with E-state index in [1.807, 2.05) is 106 Å². The van der Waals surface area contributed by atoms with Crippen molar-refractivity contribution in [2.75, 3.05) is 0 Å². The molecule has 4 heterocycles. The van der Waals surface area contributed by atoms with Gasteiger partial charge in [-0.25, -0.2) is 18.3 Å². The van der Waals surface area contributed by atoms with Gasteiger partial charge < -0.3 is 0 Å². The summed E-state index contributed by atoms with van der Waals surface area (Å²) in [5, 5.41) is 0. The molecule has 8 rings (SSSR count). The SMILES string of the molecule is Cc1cc(C)c(-c2cccc[n+]2C)c(C)c1.Cc1ccc(C)c(-c2cccc[n+]2C)c1C.[2H]C([2H])([2H])c1cc(C)c(-c2cccc[n+]2C)c(C)c1.[2H]C([2H])([2H])c1ccc(C)c(-c2cccc[n+]2C)c1C. The fourth-order valence-corrected chi connectivity index (χ4v) is 8.67. The lowest BCUT2D eigenvalue weighted by molar-refractivity contribution is -0.660. The van der Waals surface area contributed by atoms with Crippen LogP contribution in [0.1, 0.15) is 75.0 Å². The highest BCUT2D eigenvalue weighted by atomic mass is 14.9. The first-order valence-corrected chi connectivity index (χ1v) is 22.0. The highest BCUT2D eigenvalue weighted by Crippen LogP contribution is 2.29. The van der Waals surface area contributed by atoms with Crippen molar-refractivity contribution in [3.8, 4) is 45.0 Å². The van der Waals surface area contributed by atoms with Crippen LogP contribution in [0, 0.1) is 82.9 Å². The zero-order chi connectivity index (χ0) is 51.8. The van der Waals surface area contributed by atoms with E-state index in [2.05, 4.69) is 138 Å². The Bertz CT molecular complexity index is 3080.